The second-order valence-corrected chi connectivity index (χ2v) is 4.62. The molecule has 0 spiro atoms. The fraction of sp³-hybridized carbons (Fsp3) is 0.467. The summed E-state index contributed by atoms with van der Waals surface area (Å²) in [5.41, 5.74) is -0.409. The molecule has 0 bridgehead atoms. The summed E-state index contributed by atoms with van der Waals surface area (Å²) in [7, 11) is 0. The number of ether oxygens (including phenoxy) is 1. The third kappa shape index (κ3) is 3.17. The SMILES string of the molecule is CCOC(=O)C(CCCO)(C(=O)O)c1ccc(C)cc1. The number of aliphatic carboxylic acids is 1. The summed E-state index contributed by atoms with van der Waals surface area (Å²) in [6, 6.07) is 6.76. The van der Waals surface area contributed by atoms with Crippen molar-refractivity contribution in [3.63, 3.8) is 0 Å². The van der Waals surface area contributed by atoms with Gasteiger partial charge in [0.1, 0.15) is 0 Å². The first-order valence-electron chi connectivity index (χ1n) is 6.57. The van der Waals surface area contributed by atoms with Crippen molar-refractivity contribution in [3.05, 3.63) is 35.4 Å². The second-order valence-electron chi connectivity index (χ2n) is 4.62. The van der Waals surface area contributed by atoms with Gasteiger partial charge in [-0.15, -0.1) is 0 Å². The third-order valence-electron chi connectivity index (χ3n) is 3.24. The van der Waals surface area contributed by atoms with Crippen molar-refractivity contribution in [1.29, 1.82) is 0 Å². The minimum Gasteiger partial charge on any atom is -0.480 e. The zero-order valence-electron chi connectivity index (χ0n) is 11.8. The normalized spacial score (nSPS) is 13.6. The van der Waals surface area contributed by atoms with Gasteiger partial charge in [0.2, 0.25) is 0 Å². The van der Waals surface area contributed by atoms with E-state index in [0.717, 1.165) is 5.56 Å². The molecule has 0 aliphatic heterocycles. The van der Waals surface area contributed by atoms with E-state index < -0.39 is 17.4 Å². The number of carbonyl (C=O) groups excluding carboxylic acids is 1. The van der Waals surface area contributed by atoms with Gasteiger partial charge in [0.25, 0.3) is 0 Å². The maximum absolute atomic E-state index is 12.2. The number of benzene rings is 1. The maximum atomic E-state index is 12.2. The number of carboxylic acid groups (broad SMARTS) is 1. The molecule has 0 amide bonds. The van der Waals surface area contributed by atoms with Gasteiger partial charge in [-0.3, -0.25) is 9.59 Å². The van der Waals surface area contributed by atoms with Gasteiger partial charge >= 0.3 is 11.9 Å². The largest absolute Gasteiger partial charge is 0.480 e. The van der Waals surface area contributed by atoms with Crippen LogP contribution in [-0.2, 0) is 19.7 Å². The molecule has 0 heterocycles. The molecular formula is C15H20O5. The zero-order valence-corrected chi connectivity index (χ0v) is 11.8. The molecular weight excluding hydrogens is 260 g/mol. The number of esters is 1. The standard InChI is InChI=1S/C15H20O5/c1-3-20-14(19)15(13(17)18,9-4-10-16)12-7-5-11(2)6-8-12/h5-8,16H,3-4,9-10H2,1-2H3,(H,17,18). The molecule has 5 nitrogen and oxygen atoms in total. The van der Waals surface area contributed by atoms with Crippen molar-refractivity contribution in [2.75, 3.05) is 13.2 Å². The molecule has 0 saturated heterocycles. The van der Waals surface area contributed by atoms with Gasteiger partial charge in [0.15, 0.2) is 5.41 Å². The van der Waals surface area contributed by atoms with E-state index in [-0.39, 0.29) is 26.1 Å². The molecule has 0 fully saturated rings. The highest BCUT2D eigenvalue weighted by Crippen LogP contribution is 2.32. The first-order valence-corrected chi connectivity index (χ1v) is 6.57. The molecule has 0 aromatic heterocycles. The summed E-state index contributed by atoms with van der Waals surface area (Å²) in [4.78, 5) is 24.0. The molecule has 0 aliphatic rings. The fourth-order valence-corrected chi connectivity index (χ4v) is 2.12. The highest BCUT2D eigenvalue weighted by atomic mass is 16.5. The Bertz CT molecular complexity index is 466. The summed E-state index contributed by atoms with van der Waals surface area (Å²) in [5.74, 6) is -2.04. The summed E-state index contributed by atoms with van der Waals surface area (Å²) in [5, 5.41) is 18.6. The van der Waals surface area contributed by atoms with Crippen LogP contribution in [0.1, 0.15) is 30.9 Å². The highest BCUT2D eigenvalue weighted by molar-refractivity contribution is 6.05. The fourth-order valence-electron chi connectivity index (χ4n) is 2.12. The van der Waals surface area contributed by atoms with Crippen molar-refractivity contribution in [1.82, 2.24) is 0 Å². The molecule has 1 aromatic carbocycles. The predicted molar refractivity (Wildman–Crippen MR) is 73.4 cm³/mol. The number of hydrogen-bond donors (Lipinski definition) is 2. The van der Waals surface area contributed by atoms with Gasteiger partial charge < -0.3 is 14.9 Å². The van der Waals surface area contributed by atoms with Gasteiger partial charge in [-0.05, 0) is 32.3 Å². The molecule has 1 unspecified atom stereocenters. The van der Waals surface area contributed by atoms with E-state index in [4.69, 9.17) is 9.84 Å². The van der Waals surface area contributed by atoms with Crippen LogP contribution in [0.5, 0.6) is 0 Å². The van der Waals surface area contributed by atoms with Crippen LogP contribution in [0.25, 0.3) is 0 Å². The maximum Gasteiger partial charge on any atom is 0.328 e. The lowest BCUT2D eigenvalue weighted by Gasteiger charge is -2.27. The molecule has 0 radical (unpaired) electrons. The second kappa shape index (κ2) is 7.05. The molecule has 0 aliphatic carbocycles. The lowest BCUT2D eigenvalue weighted by molar-refractivity contribution is -0.162. The van der Waals surface area contributed by atoms with E-state index in [2.05, 4.69) is 0 Å². The molecule has 1 atom stereocenters. The van der Waals surface area contributed by atoms with Crippen molar-refractivity contribution >= 4 is 11.9 Å². The summed E-state index contributed by atoms with van der Waals surface area (Å²) < 4.78 is 4.95. The minimum absolute atomic E-state index is 0.000722. The van der Waals surface area contributed by atoms with Crippen LogP contribution < -0.4 is 0 Å². The van der Waals surface area contributed by atoms with Crippen LogP contribution in [0.15, 0.2) is 24.3 Å². The Balaban J connectivity index is 3.31. The lowest BCUT2D eigenvalue weighted by Crippen LogP contribution is -2.45. The predicted octanol–water partition coefficient (Wildman–Crippen LogP) is 1.65. The van der Waals surface area contributed by atoms with Crippen LogP contribution in [-0.4, -0.2) is 35.4 Å². The van der Waals surface area contributed by atoms with E-state index in [1.165, 1.54) is 0 Å². The van der Waals surface area contributed by atoms with E-state index in [0.29, 0.717) is 5.56 Å². The smallest absolute Gasteiger partial charge is 0.328 e. The van der Waals surface area contributed by atoms with E-state index in [9.17, 15) is 14.7 Å². The number of hydrogen-bond acceptors (Lipinski definition) is 4. The van der Waals surface area contributed by atoms with E-state index in [1.54, 1.807) is 31.2 Å². The van der Waals surface area contributed by atoms with Crippen LogP contribution >= 0.6 is 0 Å². The van der Waals surface area contributed by atoms with E-state index in [1.807, 2.05) is 6.92 Å². The monoisotopic (exact) mass is 280 g/mol. The van der Waals surface area contributed by atoms with Gasteiger partial charge in [0.05, 0.1) is 6.61 Å². The van der Waals surface area contributed by atoms with Crippen molar-refractivity contribution in [3.8, 4) is 0 Å². The highest BCUT2D eigenvalue weighted by Gasteiger charge is 2.48. The van der Waals surface area contributed by atoms with Crippen molar-refractivity contribution in [2.24, 2.45) is 0 Å². The van der Waals surface area contributed by atoms with Gasteiger partial charge in [-0.1, -0.05) is 29.8 Å². The summed E-state index contributed by atoms with van der Waals surface area (Å²) >= 11 is 0. The molecule has 110 valence electrons. The molecule has 1 rings (SSSR count). The Morgan fingerprint density at radius 3 is 2.30 bits per heavy atom. The van der Waals surface area contributed by atoms with Gasteiger partial charge in [-0.2, -0.15) is 0 Å². The average molecular weight is 280 g/mol. The number of aliphatic hydroxyl groups excluding tert-OH is 1. The van der Waals surface area contributed by atoms with Crippen LogP contribution in [0.4, 0.5) is 0 Å². The minimum atomic E-state index is -1.76. The molecule has 0 saturated carbocycles. The summed E-state index contributed by atoms with van der Waals surface area (Å²) in [6.45, 7) is 3.44. The molecule has 20 heavy (non-hydrogen) atoms. The molecule has 5 heteroatoms. The topological polar surface area (TPSA) is 83.8 Å². The quantitative estimate of drug-likeness (QED) is 0.586. The Kier molecular flexibility index (Phi) is 5.70. The average Bonchev–Trinajstić information content (AvgIpc) is 2.41. The zero-order chi connectivity index (χ0) is 15.2. The first kappa shape index (κ1) is 16.2. The summed E-state index contributed by atoms with van der Waals surface area (Å²) in [6.07, 6.45) is 0.208. The molecule has 1 aromatic rings. The Labute approximate surface area is 118 Å². The Morgan fingerprint density at radius 2 is 1.85 bits per heavy atom. The number of aliphatic hydroxyl groups is 1. The van der Waals surface area contributed by atoms with E-state index >= 15 is 0 Å². The third-order valence-corrected chi connectivity index (χ3v) is 3.24. The Hall–Kier alpha value is -1.88. The Morgan fingerprint density at radius 1 is 1.25 bits per heavy atom. The van der Waals surface area contributed by atoms with Crippen LogP contribution in [0.2, 0.25) is 0 Å². The lowest BCUT2D eigenvalue weighted by atomic mass is 9.76. The van der Waals surface area contributed by atoms with Crippen LogP contribution in [0, 0.1) is 6.92 Å². The number of rotatable bonds is 7. The number of aryl methyl sites for hydroxylation is 1. The van der Waals surface area contributed by atoms with Crippen molar-refractivity contribution < 1.29 is 24.5 Å². The van der Waals surface area contributed by atoms with Crippen LogP contribution in [0.3, 0.4) is 0 Å². The number of carboxylic acids is 1. The molecule has 2 N–H and O–H groups in total. The van der Waals surface area contributed by atoms with Gasteiger partial charge in [0, 0.05) is 6.61 Å². The number of carbonyl (C=O) groups is 2. The first-order chi connectivity index (χ1) is 9.48. The van der Waals surface area contributed by atoms with Gasteiger partial charge in [-0.25, -0.2) is 0 Å². The van der Waals surface area contributed by atoms with Crippen molar-refractivity contribution in [2.45, 2.75) is 32.1 Å².